The summed E-state index contributed by atoms with van der Waals surface area (Å²) in [6, 6.07) is -0.185. The Balaban J connectivity index is 2.31. The minimum atomic E-state index is -2.93. The third kappa shape index (κ3) is 4.90. The summed E-state index contributed by atoms with van der Waals surface area (Å²) < 4.78 is 22.7. The van der Waals surface area contributed by atoms with E-state index in [0.717, 1.165) is 12.8 Å². The Hall–Kier alpha value is -0.680. The van der Waals surface area contributed by atoms with Gasteiger partial charge in [0.1, 0.15) is 5.78 Å². The van der Waals surface area contributed by atoms with E-state index in [2.05, 4.69) is 11.9 Å². The molecule has 1 saturated heterocycles. The highest BCUT2D eigenvalue weighted by Gasteiger charge is 2.25. The third-order valence-corrected chi connectivity index (χ3v) is 4.38. The minimum absolute atomic E-state index is 0.0974. The number of allylic oxidation sites excluding steroid dienone is 1. The number of sulfone groups is 1. The molecule has 1 aliphatic heterocycles. The average Bonchev–Trinajstić information content (AvgIpc) is 2.16. The molecule has 1 rings (SSSR count). The number of nitrogens with one attached hydrogen (secondary N) is 1. The van der Waals surface area contributed by atoms with Crippen LogP contribution in [0.15, 0.2) is 12.7 Å². The lowest BCUT2D eigenvalue weighted by Gasteiger charge is -2.22. The standard InChI is InChI=1S/C11H19NO3S/c1-2-3-4-5-11(13)8-10-9-16(14,15)7-6-12-10/h2,10,12H,1,3-9H2. The Morgan fingerprint density at radius 1 is 1.50 bits per heavy atom. The van der Waals surface area contributed by atoms with E-state index in [1.807, 2.05) is 0 Å². The van der Waals surface area contributed by atoms with E-state index < -0.39 is 9.84 Å². The molecule has 0 bridgehead atoms. The van der Waals surface area contributed by atoms with Crippen LogP contribution in [0.2, 0.25) is 0 Å². The van der Waals surface area contributed by atoms with Crippen LogP contribution in [-0.2, 0) is 14.6 Å². The number of unbranched alkanes of at least 4 members (excludes halogenated alkanes) is 1. The summed E-state index contributed by atoms with van der Waals surface area (Å²) in [6.07, 6.45) is 4.28. The maximum Gasteiger partial charge on any atom is 0.153 e. The Morgan fingerprint density at radius 2 is 2.25 bits per heavy atom. The van der Waals surface area contributed by atoms with Gasteiger partial charge in [0.05, 0.1) is 11.5 Å². The van der Waals surface area contributed by atoms with Crippen LogP contribution in [-0.4, -0.2) is 38.3 Å². The Bertz CT molecular complexity index is 348. The lowest BCUT2D eigenvalue weighted by atomic mass is 10.1. The second-order valence-corrected chi connectivity index (χ2v) is 6.42. The number of hydrogen-bond acceptors (Lipinski definition) is 4. The van der Waals surface area contributed by atoms with Crippen LogP contribution in [0, 0.1) is 0 Å². The fourth-order valence-corrected chi connectivity index (χ4v) is 3.26. The Morgan fingerprint density at radius 3 is 2.88 bits per heavy atom. The van der Waals surface area contributed by atoms with Crippen LogP contribution in [0.1, 0.15) is 25.7 Å². The van der Waals surface area contributed by atoms with E-state index in [1.165, 1.54) is 0 Å². The number of ketones is 1. The van der Waals surface area contributed by atoms with Gasteiger partial charge in [0.15, 0.2) is 9.84 Å². The smallest absolute Gasteiger partial charge is 0.153 e. The highest BCUT2D eigenvalue weighted by molar-refractivity contribution is 7.91. The lowest BCUT2D eigenvalue weighted by Crippen LogP contribution is -2.45. The molecule has 16 heavy (non-hydrogen) atoms. The van der Waals surface area contributed by atoms with Gasteiger partial charge >= 0.3 is 0 Å². The Labute approximate surface area is 97.0 Å². The molecule has 0 aliphatic carbocycles. The van der Waals surface area contributed by atoms with Gasteiger partial charge in [-0.1, -0.05) is 6.08 Å². The molecule has 1 heterocycles. The van der Waals surface area contributed by atoms with Crippen LogP contribution in [0.25, 0.3) is 0 Å². The van der Waals surface area contributed by atoms with E-state index in [4.69, 9.17) is 0 Å². The van der Waals surface area contributed by atoms with Crippen molar-refractivity contribution in [2.24, 2.45) is 0 Å². The summed E-state index contributed by atoms with van der Waals surface area (Å²) in [6.45, 7) is 4.05. The van der Waals surface area contributed by atoms with Crippen LogP contribution < -0.4 is 5.32 Å². The molecular formula is C11H19NO3S. The number of Topliss-reactive ketones (excluding diaryl/α,β-unsaturated/α-hetero) is 1. The van der Waals surface area contributed by atoms with Crippen LogP contribution in [0.5, 0.6) is 0 Å². The van der Waals surface area contributed by atoms with Gasteiger partial charge in [0.25, 0.3) is 0 Å². The summed E-state index contributed by atoms with van der Waals surface area (Å²) in [5, 5.41) is 3.08. The van der Waals surface area contributed by atoms with Crippen molar-refractivity contribution in [1.82, 2.24) is 5.32 Å². The molecule has 0 aromatic heterocycles. The fraction of sp³-hybridized carbons (Fsp3) is 0.727. The van der Waals surface area contributed by atoms with E-state index >= 15 is 0 Å². The first kappa shape index (κ1) is 13.4. The summed E-state index contributed by atoms with van der Waals surface area (Å²) in [5.74, 6) is 0.422. The van der Waals surface area contributed by atoms with Crippen molar-refractivity contribution in [2.45, 2.75) is 31.7 Å². The first-order valence-electron chi connectivity index (χ1n) is 5.60. The number of carbonyl (C=O) groups excluding carboxylic acids is 1. The maximum absolute atomic E-state index is 11.5. The van der Waals surface area contributed by atoms with Crippen molar-refractivity contribution < 1.29 is 13.2 Å². The molecule has 0 aromatic rings. The Kier molecular flexibility index (Phi) is 5.15. The average molecular weight is 245 g/mol. The van der Waals surface area contributed by atoms with E-state index in [0.29, 0.717) is 19.4 Å². The number of rotatable bonds is 6. The molecule has 0 saturated carbocycles. The largest absolute Gasteiger partial charge is 0.312 e. The van der Waals surface area contributed by atoms with Gasteiger partial charge in [-0.15, -0.1) is 6.58 Å². The predicted molar refractivity (Wildman–Crippen MR) is 64.1 cm³/mol. The first-order chi connectivity index (χ1) is 7.53. The topological polar surface area (TPSA) is 63.2 Å². The molecule has 0 spiro atoms. The molecule has 1 N–H and O–H groups in total. The second-order valence-electron chi connectivity index (χ2n) is 4.19. The summed E-state index contributed by atoms with van der Waals surface area (Å²) in [4.78, 5) is 11.5. The monoisotopic (exact) mass is 245 g/mol. The van der Waals surface area contributed by atoms with Gasteiger partial charge in [0.2, 0.25) is 0 Å². The van der Waals surface area contributed by atoms with Crippen LogP contribution in [0.4, 0.5) is 0 Å². The van der Waals surface area contributed by atoms with Crippen molar-refractivity contribution in [1.29, 1.82) is 0 Å². The molecule has 1 atom stereocenters. The zero-order valence-corrected chi connectivity index (χ0v) is 10.3. The highest BCUT2D eigenvalue weighted by atomic mass is 32.2. The van der Waals surface area contributed by atoms with Gasteiger partial charge in [-0.3, -0.25) is 4.79 Å². The fourth-order valence-electron chi connectivity index (χ4n) is 1.82. The van der Waals surface area contributed by atoms with Crippen LogP contribution >= 0.6 is 0 Å². The van der Waals surface area contributed by atoms with Crippen molar-refractivity contribution in [3.63, 3.8) is 0 Å². The molecule has 1 aliphatic rings. The molecular weight excluding hydrogens is 226 g/mol. The maximum atomic E-state index is 11.5. The van der Waals surface area contributed by atoms with Crippen LogP contribution in [0.3, 0.4) is 0 Å². The zero-order valence-electron chi connectivity index (χ0n) is 9.44. The van der Waals surface area contributed by atoms with E-state index in [9.17, 15) is 13.2 Å². The molecule has 92 valence electrons. The summed E-state index contributed by atoms with van der Waals surface area (Å²) in [5.41, 5.74) is 0. The zero-order chi connectivity index (χ0) is 12.0. The predicted octanol–water partition coefficient (Wildman–Crippen LogP) is 0.689. The van der Waals surface area contributed by atoms with Crippen molar-refractivity contribution in [3.8, 4) is 0 Å². The molecule has 5 heteroatoms. The van der Waals surface area contributed by atoms with E-state index in [1.54, 1.807) is 6.08 Å². The van der Waals surface area contributed by atoms with Gasteiger partial charge in [-0.2, -0.15) is 0 Å². The highest BCUT2D eigenvalue weighted by Crippen LogP contribution is 2.08. The van der Waals surface area contributed by atoms with E-state index in [-0.39, 0.29) is 23.3 Å². The molecule has 1 fully saturated rings. The second kappa shape index (κ2) is 6.15. The summed E-state index contributed by atoms with van der Waals surface area (Å²) in [7, 11) is -2.93. The molecule has 0 radical (unpaired) electrons. The first-order valence-corrected chi connectivity index (χ1v) is 7.42. The third-order valence-electron chi connectivity index (χ3n) is 2.64. The molecule has 0 aromatic carbocycles. The molecule has 0 amide bonds. The summed E-state index contributed by atoms with van der Waals surface area (Å²) >= 11 is 0. The SMILES string of the molecule is C=CCCCC(=O)CC1CS(=O)(=O)CCN1. The number of carbonyl (C=O) groups is 1. The van der Waals surface area contributed by atoms with Gasteiger partial charge in [0, 0.05) is 25.4 Å². The van der Waals surface area contributed by atoms with Gasteiger partial charge in [-0.25, -0.2) is 8.42 Å². The minimum Gasteiger partial charge on any atom is -0.312 e. The quantitative estimate of drug-likeness (QED) is 0.552. The lowest BCUT2D eigenvalue weighted by molar-refractivity contribution is -0.119. The van der Waals surface area contributed by atoms with Crippen molar-refractivity contribution in [2.75, 3.05) is 18.1 Å². The normalized spacial score (nSPS) is 23.9. The van der Waals surface area contributed by atoms with Gasteiger partial charge < -0.3 is 5.32 Å². The van der Waals surface area contributed by atoms with Crippen molar-refractivity contribution >= 4 is 15.6 Å². The molecule has 1 unspecified atom stereocenters. The number of hydrogen-bond donors (Lipinski definition) is 1. The molecule has 4 nitrogen and oxygen atoms in total. The van der Waals surface area contributed by atoms with Gasteiger partial charge in [-0.05, 0) is 12.8 Å². The van der Waals surface area contributed by atoms with Crippen molar-refractivity contribution in [3.05, 3.63) is 12.7 Å².